The highest BCUT2D eigenvalue weighted by atomic mass is 127. The number of alkyl halides is 1. The van der Waals surface area contributed by atoms with Crippen molar-refractivity contribution in [3.63, 3.8) is 0 Å². The van der Waals surface area contributed by atoms with Crippen molar-refractivity contribution in [3.05, 3.63) is 15.5 Å². The van der Waals surface area contributed by atoms with E-state index in [4.69, 9.17) is 0 Å². The summed E-state index contributed by atoms with van der Waals surface area (Å²) >= 11 is 1.95. The summed E-state index contributed by atoms with van der Waals surface area (Å²) in [7, 11) is 1.28. The molecule has 0 bridgehead atoms. The minimum absolute atomic E-state index is 0.0768. The Morgan fingerprint density at radius 3 is 3.08 bits per heavy atom. The van der Waals surface area contributed by atoms with Crippen LogP contribution in [-0.4, -0.2) is 29.5 Å². The number of aryl methyl sites for hydroxylation is 1. The Hall–Kier alpha value is -0.660. The molecule has 1 aromatic rings. The zero-order chi connectivity index (χ0) is 9.84. The predicted molar refractivity (Wildman–Crippen MR) is 52.3 cm³/mol. The second-order valence-corrected chi connectivity index (χ2v) is 3.36. The van der Waals surface area contributed by atoms with Crippen LogP contribution in [0.25, 0.3) is 0 Å². The lowest BCUT2D eigenvalue weighted by molar-refractivity contribution is 0.0586. The average Bonchev–Trinajstić information content (AvgIpc) is 2.46. The number of halogens is 2. The van der Waals surface area contributed by atoms with Gasteiger partial charge in [0.2, 0.25) is 0 Å². The Bertz CT molecular complexity index is 313. The number of aromatic nitrogens is 2. The number of carbonyl (C=O) groups is 1. The molecule has 1 aromatic heterocycles. The summed E-state index contributed by atoms with van der Waals surface area (Å²) in [6, 6.07) is 1.56. The van der Waals surface area contributed by atoms with Crippen LogP contribution < -0.4 is 0 Å². The third kappa shape index (κ3) is 2.39. The minimum Gasteiger partial charge on any atom is -0.464 e. The van der Waals surface area contributed by atoms with Gasteiger partial charge < -0.3 is 4.74 Å². The van der Waals surface area contributed by atoms with Gasteiger partial charge in [-0.3, -0.25) is 4.68 Å². The molecule has 1 rings (SSSR count). The third-order valence-electron chi connectivity index (χ3n) is 1.44. The van der Waals surface area contributed by atoms with E-state index in [-0.39, 0.29) is 12.2 Å². The molecule has 0 N–H and O–H groups in total. The summed E-state index contributed by atoms with van der Waals surface area (Å²) < 4.78 is 18.5. The fourth-order valence-electron chi connectivity index (χ4n) is 0.905. The van der Waals surface area contributed by atoms with Gasteiger partial charge in [-0.15, -0.1) is 0 Å². The predicted octanol–water partition coefficient (Wildman–Crippen LogP) is 1.24. The lowest BCUT2D eigenvalue weighted by Gasteiger charge is -2.01. The molecule has 6 heteroatoms. The Labute approximate surface area is 88.2 Å². The summed E-state index contributed by atoms with van der Waals surface area (Å²) in [6.45, 7) is -0.477. The lowest BCUT2D eigenvalue weighted by atomic mass is 10.4. The van der Waals surface area contributed by atoms with Gasteiger partial charge in [0.25, 0.3) is 0 Å². The molecule has 0 fully saturated rings. The van der Waals surface area contributed by atoms with E-state index in [1.807, 2.05) is 22.6 Å². The van der Waals surface area contributed by atoms with Crippen molar-refractivity contribution in [3.8, 4) is 0 Å². The first-order valence-electron chi connectivity index (χ1n) is 3.56. The molecule has 0 atom stereocenters. The first-order chi connectivity index (χ1) is 6.19. The van der Waals surface area contributed by atoms with E-state index in [0.29, 0.717) is 3.70 Å². The number of hydrogen-bond acceptors (Lipinski definition) is 3. The summed E-state index contributed by atoms with van der Waals surface area (Å²) in [6.07, 6.45) is 0. The highest BCUT2D eigenvalue weighted by Crippen LogP contribution is 2.08. The van der Waals surface area contributed by atoms with Crippen molar-refractivity contribution < 1.29 is 13.9 Å². The fourth-order valence-corrected chi connectivity index (χ4v) is 1.46. The molecule has 0 radical (unpaired) electrons. The van der Waals surface area contributed by atoms with Crippen LogP contribution in [0.2, 0.25) is 0 Å². The van der Waals surface area contributed by atoms with E-state index in [0.717, 1.165) is 0 Å². The van der Waals surface area contributed by atoms with Crippen LogP contribution in [0.15, 0.2) is 6.07 Å². The second-order valence-electron chi connectivity index (χ2n) is 2.26. The van der Waals surface area contributed by atoms with Gasteiger partial charge in [-0.25, -0.2) is 9.18 Å². The molecule has 4 nitrogen and oxygen atoms in total. The van der Waals surface area contributed by atoms with Gasteiger partial charge in [0.1, 0.15) is 16.1 Å². The van der Waals surface area contributed by atoms with Crippen molar-refractivity contribution in [1.82, 2.24) is 9.78 Å². The van der Waals surface area contributed by atoms with Crippen LogP contribution in [0.5, 0.6) is 0 Å². The molecule has 0 saturated heterocycles. The topological polar surface area (TPSA) is 44.1 Å². The Morgan fingerprint density at radius 2 is 2.54 bits per heavy atom. The number of nitrogens with zero attached hydrogens (tertiary/aromatic N) is 2. The first kappa shape index (κ1) is 10.4. The van der Waals surface area contributed by atoms with Gasteiger partial charge in [0.05, 0.1) is 13.7 Å². The van der Waals surface area contributed by atoms with Gasteiger partial charge in [-0.1, -0.05) is 0 Å². The zero-order valence-electron chi connectivity index (χ0n) is 6.96. The van der Waals surface area contributed by atoms with E-state index in [1.165, 1.54) is 11.8 Å². The van der Waals surface area contributed by atoms with Gasteiger partial charge in [-0.05, 0) is 22.6 Å². The van der Waals surface area contributed by atoms with Crippen LogP contribution in [0.1, 0.15) is 10.5 Å². The van der Waals surface area contributed by atoms with Gasteiger partial charge in [0.15, 0.2) is 0 Å². The van der Waals surface area contributed by atoms with Crippen LogP contribution >= 0.6 is 22.6 Å². The SMILES string of the molecule is COC(=O)c1cc(I)nn1CCF. The van der Waals surface area contributed by atoms with E-state index in [2.05, 4.69) is 9.84 Å². The summed E-state index contributed by atoms with van der Waals surface area (Å²) in [5.41, 5.74) is 0.282. The smallest absolute Gasteiger partial charge is 0.356 e. The molecule has 0 aromatic carbocycles. The summed E-state index contributed by atoms with van der Waals surface area (Å²) in [4.78, 5) is 11.1. The standard InChI is InChI=1S/C7H8FIN2O2/c1-13-7(12)5-4-6(9)10-11(5)3-2-8/h4H,2-3H2,1H3. The Balaban J connectivity index is 2.96. The van der Waals surface area contributed by atoms with E-state index in [9.17, 15) is 9.18 Å². The van der Waals surface area contributed by atoms with Gasteiger partial charge in [-0.2, -0.15) is 5.10 Å². The minimum atomic E-state index is -0.554. The highest BCUT2D eigenvalue weighted by Gasteiger charge is 2.14. The highest BCUT2D eigenvalue weighted by molar-refractivity contribution is 14.1. The largest absolute Gasteiger partial charge is 0.464 e. The molecule has 13 heavy (non-hydrogen) atoms. The number of esters is 1. The molecule has 0 unspecified atom stereocenters. The monoisotopic (exact) mass is 298 g/mol. The molecule has 0 aliphatic rings. The maximum atomic E-state index is 12.0. The molecule has 0 aliphatic heterocycles. The molecule has 0 aliphatic carbocycles. The Kier molecular flexibility index (Phi) is 3.64. The summed E-state index contributed by atoms with van der Waals surface area (Å²) in [5.74, 6) is -0.496. The van der Waals surface area contributed by atoms with Crippen LogP contribution in [0.3, 0.4) is 0 Å². The van der Waals surface area contributed by atoms with Crippen molar-refractivity contribution in [2.24, 2.45) is 0 Å². The van der Waals surface area contributed by atoms with Crippen molar-refractivity contribution in [1.29, 1.82) is 0 Å². The normalized spacial score (nSPS) is 10.1. The van der Waals surface area contributed by atoms with E-state index < -0.39 is 12.6 Å². The molecule has 0 spiro atoms. The zero-order valence-corrected chi connectivity index (χ0v) is 9.12. The lowest BCUT2D eigenvalue weighted by Crippen LogP contribution is -2.12. The number of ether oxygens (including phenoxy) is 1. The average molecular weight is 298 g/mol. The second kappa shape index (κ2) is 4.54. The van der Waals surface area contributed by atoms with Crippen LogP contribution in [-0.2, 0) is 11.3 Å². The maximum absolute atomic E-state index is 12.0. The third-order valence-corrected chi connectivity index (χ3v) is 1.97. The Morgan fingerprint density at radius 1 is 1.85 bits per heavy atom. The number of rotatable bonds is 3. The quantitative estimate of drug-likeness (QED) is 0.623. The van der Waals surface area contributed by atoms with Gasteiger partial charge >= 0.3 is 5.97 Å². The van der Waals surface area contributed by atoms with Crippen LogP contribution in [0.4, 0.5) is 4.39 Å². The number of hydrogen-bond donors (Lipinski definition) is 0. The van der Waals surface area contributed by atoms with Gasteiger partial charge in [0, 0.05) is 6.07 Å². The summed E-state index contributed by atoms with van der Waals surface area (Å²) in [5, 5.41) is 3.93. The molecular weight excluding hydrogens is 290 g/mol. The molecule has 72 valence electrons. The molecule has 1 heterocycles. The van der Waals surface area contributed by atoms with E-state index in [1.54, 1.807) is 6.07 Å². The number of carbonyl (C=O) groups excluding carboxylic acids is 1. The fraction of sp³-hybridized carbons (Fsp3) is 0.429. The maximum Gasteiger partial charge on any atom is 0.356 e. The number of methoxy groups -OCH3 is 1. The van der Waals surface area contributed by atoms with Crippen LogP contribution in [0, 0.1) is 3.70 Å². The van der Waals surface area contributed by atoms with Crippen molar-refractivity contribution in [2.45, 2.75) is 6.54 Å². The molecule has 0 amide bonds. The first-order valence-corrected chi connectivity index (χ1v) is 4.64. The van der Waals surface area contributed by atoms with Crippen molar-refractivity contribution in [2.75, 3.05) is 13.8 Å². The molecular formula is C7H8FIN2O2. The van der Waals surface area contributed by atoms with E-state index >= 15 is 0 Å². The van der Waals surface area contributed by atoms with Crippen molar-refractivity contribution >= 4 is 28.6 Å². The molecule has 0 saturated carbocycles.